The maximum Gasteiger partial charge on any atom is 0.219 e. The molecule has 1 saturated heterocycles. The van der Waals surface area contributed by atoms with E-state index in [1.807, 2.05) is 0 Å². The number of anilines is 1. The van der Waals surface area contributed by atoms with E-state index in [2.05, 4.69) is 23.2 Å². The highest BCUT2D eigenvalue weighted by Crippen LogP contribution is 2.35. The van der Waals surface area contributed by atoms with Gasteiger partial charge in [-0.3, -0.25) is 4.98 Å². The lowest BCUT2D eigenvalue weighted by atomic mass is 10.1. The van der Waals surface area contributed by atoms with Gasteiger partial charge >= 0.3 is 0 Å². The van der Waals surface area contributed by atoms with E-state index in [0.717, 1.165) is 54.7 Å². The van der Waals surface area contributed by atoms with E-state index < -0.39 is 0 Å². The van der Waals surface area contributed by atoms with Gasteiger partial charge in [0.1, 0.15) is 5.52 Å². The highest BCUT2D eigenvalue weighted by molar-refractivity contribution is 5.91. The first-order valence-electron chi connectivity index (χ1n) is 11.1. The van der Waals surface area contributed by atoms with Gasteiger partial charge in [-0.15, -0.1) is 0 Å². The average molecular weight is 415 g/mol. The minimum atomic E-state index is 0.187. The van der Waals surface area contributed by atoms with Crippen LogP contribution in [0.5, 0.6) is 5.88 Å². The summed E-state index contributed by atoms with van der Waals surface area (Å²) in [6, 6.07) is 2.27. The maximum atomic E-state index is 5.97. The molecule has 1 aliphatic heterocycles. The number of hydrogen-bond donors (Lipinski definition) is 1. The quantitative estimate of drug-likeness (QED) is 0.599. The van der Waals surface area contributed by atoms with Gasteiger partial charge in [0.05, 0.1) is 38.1 Å². The highest BCUT2D eigenvalue weighted by Gasteiger charge is 2.23. The topological polar surface area (TPSA) is 68.7 Å². The highest BCUT2D eigenvalue weighted by atomic mass is 16.5. The number of fused-ring (bicyclic) bond motifs is 2. The summed E-state index contributed by atoms with van der Waals surface area (Å²) in [6.07, 6.45) is 5.79. The molecule has 1 fully saturated rings. The number of rotatable bonds is 10. The lowest BCUT2D eigenvalue weighted by Crippen LogP contribution is -2.24. The monoisotopic (exact) mass is 414 g/mol. The fraction of sp³-hybridized carbons (Fsp3) is 0.652. The molecule has 0 amide bonds. The summed E-state index contributed by atoms with van der Waals surface area (Å²) in [5.41, 5.74) is 6.28. The van der Waals surface area contributed by atoms with Gasteiger partial charge in [0.25, 0.3) is 0 Å². The number of aromatic nitrogens is 2. The summed E-state index contributed by atoms with van der Waals surface area (Å²) in [5.74, 6) is 0.617. The third-order valence-electron chi connectivity index (χ3n) is 6.03. The van der Waals surface area contributed by atoms with E-state index in [-0.39, 0.29) is 6.04 Å². The second kappa shape index (κ2) is 9.90. The first-order chi connectivity index (χ1) is 14.7. The number of aryl methyl sites for hydroxylation is 1. The van der Waals surface area contributed by atoms with Gasteiger partial charge in [-0.05, 0) is 63.7 Å². The molecule has 1 atom stereocenters. The molecule has 2 aliphatic rings. The zero-order chi connectivity index (χ0) is 20.9. The van der Waals surface area contributed by atoms with Crippen molar-refractivity contribution in [3.63, 3.8) is 0 Å². The molecular weight excluding hydrogens is 380 g/mol. The minimum Gasteiger partial charge on any atom is -0.481 e. The van der Waals surface area contributed by atoms with Crippen molar-refractivity contribution in [1.29, 1.82) is 0 Å². The third-order valence-corrected chi connectivity index (χ3v) is 6.03. The van der Waals surface area contributed by atoms with Crippen molar-refractivity contribution in [3.8, 4) is 5.88 Å². The van der Waals surface area contributed by atoms with Crippen molar-refractivity contribution >= 4 is 16.7 Å². The first-order valence-corrected chi connectivity index (χ1v) is 11.1. The molecule has 3 heterocycles. The lowest BCUT2D eigenvalue weighted by Gasteiger charge is -2.20. The van der Waals surface area contributed by atoms with E-state index in [0.29, 0.717) is 19.1 Å². The van der Waals surface area contributed by atoms with Crippen molar-refractivity contribution < 1.29 is 14.2 Å². The number of ether oxygens (including phenoxy) is 3. The second-order valence-electron chi connectivity index (χ2n) is 8.39. The Labute approximate surface area is 179 Å². The van der Waals surface area contributed by atoms with Crippen LogP contribution in [0, 0.1) is 0 Å². The van der Waals surface area contributed by atoms with E-state index in [1.54, 1.807) is 14.2 Å². The summed E-state index contributed by atoms with van der Waals surface area (Å²) < 4.78 is 16.9. The van der Waals surface area contributed by atoms with Gasteiger partial charge in [0, 0.05) is 31.0 Å². The molecule has 0 saturated carbocycles. The van der Waals surface area contributed by atoms with Crippen LogP contribution in [-0.4, -0.2) is 68.0 Å². The van der Waals surface area contributed by atoms with Gasteiger partial charge in [-0.25, -0.2) is 4.98 Å². The normalized spacial score (nSPS) is 17.4. The molecule has 1 aliphatic carbocycles. The molecule has 4 rings (SSSR count). The predicted molar refractivity (Wildman–Crippen MR) is 118 cm³/mol. The Morgan fingerprint density at radius 3 is 2.73 bits per heavy atom. The second-order valence-corrected chi connectivity index (χ2v) is 8.39. The van der Waals surface area contributed by atoms with Gasteiger partial charge in [-0.2, -0.15) is 0 Å². The molecule has 30 heavy (non-hydrogen) atoms. The number of nitrogens with zero attached hydrogens (tertiary/aromatic N) is 3. The first kappa shape index (κ1) is 21.3. The van der Waals surface area contributed by atoms with E-state index in [4.69, 9.17) is 24.2 Å². The van der Waals surface area contributed by atoms with Crippen LogP contribution in [0.3, 0.4) is 0 Å². The molecule has 0 spiro atoms. The Kier molecular flexibility index (Phi) is 7.02. The smallest absolute Gasteiger partial charge is 0.219 e. The molecule has 164 valence electrons. The molecule has 1 N–H and O–H groups in total. The van der Waals surface area contributed by atoms with Crippen molar-refractivity contribution in [2.45, 2.75) is 51.7 Å². The Morgan fingerprint density at radius 1 is 1.13 bits per heavy atom. The molecule has 0 radical (unpaired) electrons. The Morgan fingerprint density at radius 2 is 1.97 bits per heavy atom. The average Bonchev–Trinajstić information content (AvgIpc) is 3.42. The van der Waals surface area contributed by atoms with Crippen molar-refractivity contribution in [2.75, 3.05) is 52.4 Å². The standard InChI is InChI=1S/C23H34N4O3/c1-16(14-28-2)24-21-18-7-6-8-19(18)25-20-13-17(23(29-3)26-22(20)21)15-30-12-11-27-9-4-5-10-27/h13,16H,4-12,14-15H2,1-3H3,(H,24,25). The van der Waals surface area contributed by atoms with Gasteiger partial charge in [-0.1, -0.05) is 0 Å². The SMILES string of the molecule is COCC(C)Nc1c2c(nc3cc(COCCN4CCCC4)c(OC)nc13)CCC2. The molecule has 0 bridgehead atoms. The van der Waals surface area contributed by atoms with Crippen LogP contribution in [-0.2, 0) is 28.9 Å². The van der Waals surface area contributed by atoms with Crippen molar-refractivity contribution in [3.05, 3.63) is 22.9 Å². The van der Waals surface area contributed by atoms with E-state index in [1.165, 1.54) is 37.2 Å². The Balaban J connectivity index is 1.57. The predicted octanol–water partition coefficient (Wildman–Crippen LogP) is 3.19. The largest absolute Gasteiger partial charge is 0.481 e. The fourth-order valence-corrected chi connectivity index (χ4v) is 4.56. The van der Waals surface area contributed by atoms with Crippen LogP contribution in [0.25, 0.3) is 11.0 Å². The van der Waals surface area contributed by atoms with Crippen molar-refractivity contribution in [2.24, 2.45) is 0 Å². The Bertz CT molecular complexity index is 867. The van der Waals surface area contributed by atoms with Crippen LogP contribution in [0.2, 0.25) is 0 Å². The Hall–Kier alpha value is -1.96. The van der Waals surface area contributed by atoms with Gasteiger partial charge in [0.2, 0.25) is 5.88 Å². The number of hydrogen-bond acceptors (Lipinski definition) is 7. The maximum absolute atomic E-state index is 5.97. The summed E-state index contributed by atoms with van der Waals surface area (Å²) in [5, 5.41) is 3.62. The van der Waals surface area contributed by atoms with Crippen LogP contribution < -0.4 is 10.1 Å². The van der Waals surface area contributed by atoms with Crippen LogP contribution >= 0.6 is 0 Å². The molecule has 7 nitrogen and oxygen atoms in total. The fourth-order valence-electron chi connectivity index (χ4n) is 4.56. The minimum absolute atomic E-state index is 0.187. The zero-order valence-electron chi connectivity index (χ0n) is 18.5. The number of methoxy groups -OCH3 is 2. The molecule has 2 aromatic rings. The van der Waals surface area contributed by atoms with Crippen molar-refractivity contribution in [1.82, 2.24) is 14.9 Å². The summed E-state index contributed by atoms with van der Waals surface area (Å²) in [4.78, 5) is 12.3. The van der Waals surface area contributed by atoms with Crippen LogP contribution in [0.4, 0.5) is 5.69 Å². The summed E-state index contributed by atoms with van der Waals surface area (Å²) in [6.45, 7) is 7.34. The van der Waals surface area contributed by atoms with E-state index in [9.17, 15) is 0 Å². The summed E-state index contributed by atoms with van der Waals surface area (Å²) in [7, 11) is 3.40. The van der Waals surface area contributed by atoms with Crippen LogP contribution in [0.1, 0.15) is 43.0 Å². The van der Waals surface area contributed by atoms with Gasteiger partial charge in [0.15, 0.2) is 0 Å². The molecular formula is C23H34N4O3. The molecule has 7 heteroatoms. The molecule has 2 aromatic heterocycles. The lowest BCUT2D eigenvalue weighted by molar-refractivity contribution is 0.0975. The van der Waals surface area contributed by atoms with E-state index >= 15 is 0 Å². The number of nitrogens with one attached hydrogen (secondary N) is 1. The third kappa shape index (κ3) is 4.68. The zero-order valence-corrected chi connectivity index (χ0v) is 18.5. The van der Waals surface area contributed by atoms with Gasteiger partial charge < -0.3 is 24.4 Å². The molecule has 1 unspecified atom stereocenters. The number of pyridine rings is 2. The molecule has 0 aromatic carbocycles. The summed E-state index contributed by atoms with van der Waals surface area (Å²) >= 11 is 0. The van der Waals surface area contributed by atoms with Crippen LogP contribution in [0.15, 0.2) is 6.07 Å². The number of likely N-dealkylation sites (tertiary alicyclic amines) is 1.